The maximum Gasteiger partial charge on any atom is 0.197 e. The van der Waals surface area contributed by atoms with Gasteiger partial charge in [-0.3, -0.25) is 9.69 Å². The predicted molar refractivity (Wildman–Crippen MR) is 99.6 cm³/mol. The first kappa shape index (κ1) is 18.3. The largest absolute Gasteiger partial charge is 0.464 e. The van der Waals surface area contributed by atoms with Gasteiger partial charge in [0.1, 0.15) is 11.4 Å². The predicted octanol–water partition coefficient (Wildman–Crippen LogP) is 3.89. The van der Waals surface area contributed by atoms with Crippen LogP contribution in [0.25, 0.3) is 11.0 Å². The van der Waals surface area contributed by atoms with E-state index in [1.54, 1.807) is 31.4 Å². The summed E-state index contributed by atoms with van der Waals surface area (Å²) in [5.74, 6) is -0.254. The van der Waals surface area contributed by atoms with E-state index in [0.29, 0.717) is 48.3 Å². The molecular weight excluding hydrogens is 333 g/mol. The molecule has 0 saturated carbocycles. The summed E-state index contributed by atoms with van der Waals surface area (Å²) in [5, 5.41) is 0.570. The monoisotopic (exact) mass is 355 g/mol. The zero-order valence-corrected chi connectivity index (χ0v) is 15.0. The van der Waals surface area contributed by atoms with Crippen molar-refractivity contribution >= 4 is 11.0 Å². The number of hydrogen-bond donors (Lipinski definition) is 0. The van der Waals surface area contributed by atoms with E-state index in [-0.39, 0.29) is 11.2 Å². The standard InChI is InChI=1S/C21H22FNO3/c1-15-7-8-20-18(11-15)21(24)17(14-26-20)13-23(9-10-25-2)12-16-5-3-4-6-19(16)22/h3-8,11,14H,9-10,12-13H2,1-2H3. The Hall–Kier alpha value is -2.50. The van der Waals surface area contributed by atoms with Crippen molar-refractivity contribution in [3.63, 3.8) is 0 Å². The Labute approximate surface area is 151 Å². The molecule has 136 valence electrons. The Morgan fingerprint density at radius 3 is 2.65 bits per heavy atom. The maximum absolute atomic E-state index is 14.0. The molecule has 0 saturated heterocycles. The normalized spacial score (nSPS) is 11.4. The third kappa shape index (κ3) is 4.18. The van der Waals surface area contributed by atoms with Gasteiger partial charge in [-0.15, -0.1) is 0 Å². The zero-order valence-electron chi connectivity index (χ0n) is 15.0. The first-order chi connectivity index (χ1) is 12.6. The smallest absolute Gasteiger partial charge is 0.197 e. The SMILES string of the molecule is COCCN(Cc1ccccc1F)Cc1coc2ccc(C)cc2c1=O. The first-order valence-electron chi connectivity index (χ1n) is 8.54. The van der Waals surface area contributed by atoms with Gasteiger partial charge in [0.05, 0.1) is 18.3 Å². The van der Waals surface area contributed by atoms with Crippen molar-refractivity contribution in [3.05, 3.63) is 81.5 Å². The molecule has 1 heterocycles. The summed E-state index contributed by atoms with van der Waals surface area (Å²) >= 11 is 0. The molecule has 5 heteroatoms. The van der Waals surface area contributed by atoms with Crippen LogP contribution in [0, 0.1) is 12.7 Å². The van der Waals surface area contributed by atoms with Crippen molar-refractivity contribution in [2.45, 2.75) is 20.0 Å². The van der Waals surface area contributed by atoms with Crippen LogP contribution < -0.4 is 5.43 Å². The highest BCUT2D eigenvalue weighted by molar-refractivity contribution is 5.77. The van der Waals surface area contributed by atoms with Gasteiger partial charge in [0.15, 0.2) is 5.43 Å². The van der Waals surface area contributed by atoms with Gasteiger partial charge >= 0.3 is 0 Å². The molecule has 0 spiro atoms. The number of methoxy groups -OCH3 is 1. The number of fused-ring (bicyclic) bond motifs is 1. The molecule has 0 aliphatic heterocycles. The molecule has 4 nitrogen and oxygen atoms in total. The molecule has 0 atom stereocenters. The minimum Gasteiger partial charge on any atom is -0.464 e. The third-order valence-corrected chi connectivity index (χ3v) is 4.36. The molecule has 0 N–H and O–H groups in total. The fraction of sp³-hybridized carbons (Fsp3) is 0.286. The highest BCUT2D eigenvalue weighted by Gasteiger charge is 2.14. The second kappa shape index (κ2) is 8.25. The summed E-state index contributed by atoms with van der Waals surface area (Å²) in [7, 11) is 1.62. The fourth-order valence-electron chi connectivity index (χ4n) is 2.94. The van der Waals surface area contributed by atoms with Crippen LogP contribution in [0.3, 0.4) is 0 Å². The lowest BCUT2D eigenvalue weighted by atomic mass is 10.1. The zero-order chi connectivity index (χ0) is 18.5. The van der Waals surface area contributed by atoms with E-state index in [0.717, 1.165) is 5.56 Å². The van der Waals surface area contributed by atoms with Crippen molar-refractivity contribution in [2.75, 3.05) is 20.3 Å². The van der Waals surface area contributed by atoms with Crippen molar-refractivity contribution in [1.29, 1.82) is 0 Å². The summed E-state index contributed by atoms with van der Waals surface area (Å²) < 4.78 is 24.8. The van der Waals surface area contributed by atoms with Gasteiger partial charge in [-0.2, -0.15) is 0 Å². The molecule has 0 aliphatic carbocycles. The molecule has 26 heavy (non-hydrogen) atoms. The highest BCUT2D eigenvalue weighted by Crippen LogP contribution is 2.16. The van der Waals surface area contributed by atoms with Crippen LogP contribution in [0.5, 0.6) is 0 Å². The van der Waals surface area contributed by atoms with Crippen LogP contribution in [0.4, 0.5) is 4.39 Å². The van der Waals surface area contributed by atoms with Gasteiger partial charge in [-0.05, 0) is 25.1 Å². The Balaban J connectivity index is 1.89. The molecule has 0 aliphatic rings. The van der Waals surface area contributed by atoms with Gasteiger partial charge < -0.3 is 9.15 Å². The number of ether oxygens (including phenoxy) is 1. The number of nitrogens with zero attached hydrogens (tertiary/aromatic N) is 1. The van der Waals surface area contributed by atoms with E-state index in [1.165, 1.54) is 12.3 Å². The molecule has 0 unspecified atom stereocenters. The van der Waals surface area contributed by atoms with Crippen molar-refractivity contribution in [1.82, 2.24) is 4.90 Å². The van der Waals surface area contributed by atoms with E-state index >= 15 is 0 Å². The molecule has 1 aromatic heterocycles. The molecule has 3 rings (SSSR count). The lowest BCUT2D eigenvalue weighted by Gasteiger charge is -2.22. The second-order valence-corrected chi connectivity index (χ2v) is 6.38. The van der Waals surface area contributed by atoms with Crippen LogP contribution in [-0.2, 0) is 17.8 Å². The molecule has 2 aromatic carbocycles. The average Bonchev–Trinajstić information content (AvgIpc) is 2.64. The molecule has 3 aromatic rings. The summed E-state index contributed by atoms with van der Waals surface area (Å²) in [6.07, 6.45) is 1.50. The van der Waals surface area contributed by atoms with Crippen molar-refractivity contribution in [3.8, 4) is 0 Å². The van der Waals surface area contributed by atoms with Crippen LogP contribution >= 0.6 is 0 Å². The van der Waals surface area contributed by atoms with E-state index in [2.05, 4.69) is 0 Å². The number of aryl methyl sites for hydroxylation is 1. The molecule has 0 fully saturated rings. The number of halogens is 1. The maximum atomic E-state index is 14.0. The van der Waals surface area contributed by atoms with Gasteiger partial charge in [0.2, 0.25) is 0 Å². The Bertz CT molecular complexity index is 951. The van der Waals surface area contributed by atoms with E-state index in [1.807, 2.05) is 24.0 Å². The van der Waals surface area contributed by atoms with Gasteiger partial charge in [-0.1, -0.05) is 29.8 Å². The highest BCUT2D eigenvalue weighted by atomic mass is 19.1. The minimum atomic E-state index is -0.254. The van der Waals surface area contributed by atoms with Gasteiger partial charge in [-0.25, -0.2) is 4.39 Å². The van der Waals surface area contributed by atoms with Gasteiger partial charge in [0, 0.05) is 37.9 Å². The number of hydrogen-bond acceptors (Lipinski definition) is 4. The Kier molecular flexibility index (Phi) is 5.81. The molecule has 0 amide bonds. The van der Waals surface area contributed by atoms with E-state index in [4.69, 9.17) is 9.15 Å². The summed E-state index contributed by atoms with van der Waals surface area (Å²) in [6.45, 7) is 3.77. The van der Waals surface area contributed by atoms with E-state index in [9.17, 15) is 9.18 Å². The molecular formula is C21H22FNO3. The molecule has 0 bridgehead atoms. The minimum absolute atomic E-state index is 0.0501. The summed E-state index contributed by atoms with van der Waals surface area (Å²) in [6, 6.07) is 12.2. The van der Waals surface area contributed by atoms with Crippen LogP contribution in [0.15, 0.2) is 57.9 Å². The van der Waals surface area contributed by atoms with Crippen molar-refractivity contribution in [2.24, 2.45) is 0 Å². The van der Waals surface area contributed by atoms with Crippen LogP contribution in [0.1, 0.15) is 16.7 Å². The second-order valence-electron chi connectivity index (χ2n) is 6.38. The van der Waals surface area contributed by atoms with Crippen LogP contribution in [0.2, 0.25) is 0 Å². The number of benzene rings is 2. The van der Waals surface area contributed by atoms with Crippen LogP contribution in [-0.4, -0.2) is 25.2 Å². The van der Waals surface area contributed by atoms with Crippen molar-refractivity contribution < 1.29 is 13.5 Å². The quantitative estimate of drug-likeness (QED) is 0.645. The Morgan fingerprint density at radius 2 is 1.88 bits per heavy atom. The summed E-state index contributed by atoms with van der Waals surface area (Å²) in [4.78, 5) is 14.8. The topological polar surface area (TPSA) is 42.7 Å². The third-order valence-electron chi connectivity index (χ3n) is 4.36. The molecule has 0 radical (unpaired) electrons. The average molecular weight is 355 g/mol. The van der Waals surface area contributed by atoms with E-state index < -0.39 is 0 Å². The summed E-state index contributed by atoms with van der Waals surface area (Å²) in [5.41, 5.74) is 2.66. The fourth-order valence-corrected chi connectivity index (χ4v) is 2.94. The first-order valence-corrected chi connectivity index (χ1v) is 8.54. The Morgan fingerprint density at radius 1 is 1.12 bits per heavy atom. The number of rotatable bonds is 7. The lowest BCUT2D eigenvalue weighted by molar-refractivity contribution is 0.138. The lowest BCUT2D eigenvalue weighted by Crippen LogP contribution is -2.29. The van der Waals surface area contributed by atoms with Gasteiger partial charge in [0.25, 0.3) is 0 Å².